The summed E-state index contributed by atoms with van der Waals surface area (Å²) < 4.78 is 1.16. The van der Waals surface area contributed by atoms with Crippen LogP contribution in [-0.2, 0) is 4.79 Å². The molecule has 0 saturated carbocycles. The van der Waals surface area contributed by atoms with E-state index in [4.69, 9.17) is 23.2 Å². The third kappa shape index (κ3) is 4.87. The molecule has 1 atom stereocenters. The number of likely N-dealkylation sites (tertiary alicyclic amines) is 1. The number of halogens is 1. The molecule has 1 aromatic carbocycles. The summed E-state index contributed by atoms with van der Waals surface area (Å²) in [7, 11) is 0. The van der Waals surface area contributed by atoms with Gasteiger partial charge in [-0.05, 0) is 49.6 Å². The number of anilines is 1. The number of hydrogen-bond donors (Lipinski definition) is 3. The standard InChI is InChI=1S/C24H24ClN7O3/c1-2-19(33)31-12-4-3-5-17(31)23-30-20(21(22(26)34)32(23)27)14-6-8-15(9-7-14)24(35)29-18-11-10-16(25)13-28-18/h2,6-11,13,17H,1,3-5,12,27H2,(H2,26,34)(H,28,29,35). The first-order valence-electron chi connectivity index (χ1n) is 10.9. The SMILES string of the molecule is C=CC(=O)N1CCCCC1c1nc(-c2ccc(C(=O)Nc3ccc(Cl)cn3)cc2)c(C(N)=O)n1N. The molecule has 10 nitrogen and oxygen atoms in total. The molecule has 1 saturated heterocycles. The van der Waals surface area contributed by atoms with E-state index in [-0.39, 0.29) is 23.2 Å². The Bertz CT molecular complexity index is 1290. The second-order valence-electron chi connectivity index (χ2n) is 8.04. The van der Waals surface area contributed by atoms with Gasteiger partial charge >= 0.3 is 0 Å². The quantitative estimate of drug-likeness (QED) is 0.355. The van der Waals surface area contributed by atoms with Crippen molar-refractivity contribution in [2.75, 3.05) is 17.7 Å². The third-order valence-corrected chi connectivity index (χ3v) is 6.04. The van der Waals surface area contributed by atoms with Crippen molar-refractivity contribution < 1.29 is 14.4 Å². The molecule has 1 fully saturated rings. The number of benzene rings is 1. The van der Waals surface area contributed by atoms with E-state index >= 15 is 0 Å². The number of nitrogens with two attached hydrogens (primary N) is 2. The largest absolute Gasteiger partial charge is 0.364 e. The van der Waals surface area contributed by atoms with Crippen LogP contribution in [0.5, 0.6) is 0 Å². The molecular weight excluding hydrogens is 470 g/mol. The normalized spacial score (nSPS) is 15.5. The number of carbonyl (C=O) groups is 3. The Labute approximate surface area is 206 Å². The third-order valence-electron chi connectivity index (χ3n) is 5.82. The lowest BCUT2D eigenvalue weighted by Gasteiger charge is -2.34. The number of imidazole rings is 1. The Balaban J connectivity index is 1.64. The van der Waals surface area contributed by atoms with Gasteiger partial charge in [-0.15, -0.1) is 0 Å². The van der Waals surface area contributed by atoms with Crippen molar-refractivity contribution in [2.24, 2.45) is 5.73 Å². The van der Waals surface area contributed by atoms with E-state index in [1.54, 1.807) is 41.3 Å². The van der Waals surface area contributed by atoms with E-state index in [0.29, 0.717) is 40.8 Å². The van der Waals surface area contributed by atoms with Crippen molar-refractivity contribution in [3.05, 3.63) is 77.4 Å². The Kier molecular flexibility index (Phi) is 6.83. The summed E-state index contributed by atoms with van der Waals surface area (Å²) in [6.07, 6.45) is 5.06. The average molecular weight is 494 g/mol. The van der Waals surface area contributed by atoms with Crippen LogP contribution in [0.4, 0.5) is 5.82 Å². The minimum Gasteiger partial charge on any atom is -0.364 e. The van der Waals surface area contributed by atoms with Gasteiger partial charge in [-0.1, -0.05) is 30.3 Å². The summed E-state index contributed by atoms with van der Waals surface area (Å²) in [5, 5.41) is 3.14. The molecule has 1 unspecified atom stereocenters. The molecule has 0 radical (unpaired) electrons. The maximum Gasteiger partial charge on any atom is 0.269 e. The van der Waals surface area contributed by atoms with Crippen LogP contribution in [0.3, 0.4) is 0 Å². The van der Waals surface area contributed by atoms with Crippen LogP contribution in [0, 0.1) is 0 Å². The molecule has 3 aromatic rings. The highest BCUT2D eigenvalue weighted by Crippen LogP contribution is 2.33. The van der Waals surface area contributed by atoms with Crippen molar-refractivity contribution in [3.63, 3.8) is 0 Å². The Morgan fingerprint density at radius 2 is 1.89 bits per heavy atom. The Morgan fingerprint density at radius 1 is 1.14 bits per heavy atom. The zero-order valence-electron chi connectivity index (χ0n) is 18.8. The molecule has 5 N–H and O–H groups in total. The molecule has 35 heavy (non-hydrogen) atoms. The molecule has 0 bridgehead atoms. The van der Waals surface area contributed by atoms with Gasteiger partial charge in [0.25, 0.3) is 11.8 Å². The second kappa shape index (κ2) is 9.98. The zero-order chi connectivity index (χ0) is 25.1. The van der Waals surface area contributed by atoms with Crippen LogP contribution >= 0.6 is 11.6 Å². The summed E-state index contributed by atoms with van der Waals surface area (Å²) >= 11 is 5.82. The van der Waals surface area contributed by atoms with Crippen molar-refractivity contribution in [1.82, 2.24) is 19.5 Å². The van der Waals surface area contributed by atoms with Crippen LogP contribution in [0.2, 0.25) is 5.02 Å². The highest BCUT2D eigenvalue weighted by Gasteiger charge is 2.33. The predicted octanol–water partition coefficient (Wildman–Crippen LogP) is 2.90. The first-order valence-corrected chi connectivity index (χ1v) is 11.3. The lowest BCUT2D eigenvalue weighted by atomic mass is 10.0. The van der Waals surface area contributed by atoms with Gasteiger partial charge in [-0.3, -0.25) is 14.4 Å². The number of aromatic nitrogens is 3. The summed E-state index contributed by atoms with van der Waals surface area (Å²) in [5.74, 6) is 5.63. The minimum atomic E-state index is -0.755. The predicted molar refractivity (Wildman–Crippen MR) is 132 cm³/mol. The van der Waals surface area contributed by atoms with Gasteiger partial charge in [-0.2, -0.15) is 0 Å². The van der Waals surface area contributed by atoms with E-state index in [1.807, 2.05) is 0 Å². The number of pyridine rings is 1. The molecule has 1 aliphatic heterocycles. The van der Waals surface area contributed by atoms with E-state index in [9.17, 15) is 14.4 Å². The molecule has 3 heterocycles. The number of rotatable bonds is 6. The summed E-state index contributed by atoms with van der Waals surface area (Å²) in [4.78, 5) is 47.6. The fourth-order valence-corrected chi connectivity index (χ4v) is 4.23. The van der Waals surface area contributed by atoms with E-state index in [0.717, 1.165) is 17.5 Å². The number of nitrogens with zero attached hydrogens (tertiary/aromatic N) is 4. The van der Waals surface area contributed by atoms with Gasteiger partial charge in [-0.25, -0.2) is 14.6 Å². The van der Waals surface area contributed by atoms with E-state index in [2.05, 4.69) is 21.9 Å². The minimum absolute atomic E-state index is 0.0131. The van der Waals surface area contributed by atoms with Gasteiger partial charge in [0.2, 0.25) is 5.91 Å². The maximum absolute atomic E-state index is 12.6. The fraction of sp³-hybridized carbons (Fsp3) is 0.208. The number of nitrogen functional groups attached to an aromatic ring is 1. The number of carbonyl (C=O) groups excluding carboxylic acids is 3. The molecule has 2 aromatic heterocycles. The molecule has 4 rings (SSSR count). The smallest absolute Gasteiger partial charge is 0.269 e. The number of amides is 3. The lowest BCUT2D eigenvalue weighted by molar-refractivity contribution is -0.129. The summed E-state index contributed by atoms with van der Waals surface area (Å²) in [6, 6.07) is 9.28. The van der Waals surface area contributed by atoms with Crippen LogP contribution in [0.25, 0.3) is 11.3 Å². The molecule has 3 amide bonds. The van der Waals surface area contributed by atoms with Gasteiger partial charge in [0, 0.05) is 23.9 Å². The monoisotopic (exact) mass is 493 g/mol. The van der Waals surface area contributed by atoms with Crippen molar-refractivity contribution in [1.29, 1.82) is 0 Å². The fourth-order valence-electron chi connectivity index (χ4n) is 4.12. The molecule has 0 spiro atoms. The molecule has 180 valence electrons. The lowest BCUT2D eigenvalue weighted by Crippen LogP contribution is -2.39. The molecule has 11 heteroatoms. The summed E-state index contributed by atoms with van der Waals surface area (Å²) in [5.41, 5.74) is 6.84. The topological polar surface area (TPSA) is 149 Å². The Morgan fingerprint density at radius 3 is 2.51 bits per heavy atom. The first kappa shape index (κ1) is 24.0. The molecule has 1 aliphatic rings. The molecular formula is C24H24ClN7O3. The number of hydrogen-bond acceptors (Lipinski definition) is 6. The van der Waals surface area contributed by atoms with E-state index < -0.39 is 11.9 Å². The summed E-state index contributed by atoms with van der Waals surface area (Å²) in [6.45, 7) is 4.11. The van der Waals surface area contributed by atoms with Gasteiger partial charge in [0.15, 0.2) is 11.5 Å². The zero-order valence-corrected chi connectivity index (χ0v) is 19.5. The van der Waals surface area contributed by atoms with E-state index in [1.165, 1.54) is 12.3 Å². The van der Waals surface area contributed by atoms with Crippen LogP contribution < -0.4 is 16.9 Å². The number of primary amides is 1. The van der Waals surface area contributed by atoms with Gasteiger partial charge in [0.05, 0.1) is 11.1 Å². The van der Waals surface area contributed by atoms with Crippen LogP contribution in [0.1, 0.15) is 52.0 Å². The van der Waals surface area contributed by atoms with Gasteiger partial charge in [0.1, 0.15) is 11.5 Å². The molecule has 0 aliphatic carbocycles. The van der Waals surface area contributed by atoms with Crippen LogP contribution in [-0.4, -0.2) is 43.8 Å². The van der Waals surface area contributed by atoms with Gasteiger partial charge < -0.3 is 21.8 Å². The van der Waals surface area contributed by atoms with Crippen molar-refractivity contribution in [3.8, 4) is 11.3 Å². The second-order valence-corrected chi connectivity index (χ2v) is 8.48. The number of nitrogens with one attached hydrogen (secondary N) is 1. The highest BCUT2D eigenvalue weighted by molar-refractivity contribution is 6.30. The van der Waals surface area contributed by atoms with Crippen molar-refractivity contribution >= 4 is 35.1 Å². The van der Waals surface area contributed by atoms with Crippen LogP contribution in [0.15, 0.2) is 55.3 Å². The number of piperidine rings is 1. The maximum atomic E-state index is 12.6. The Hall–Kier alpha value is -4.18. The van der Waals surface area contributed by atoms with Crippen molar-refractivity contribution in [2.45, 2.75) is 25.3 Å². The first-order chi connectivity index (χ1) is 16.8. The average Bonchev–Trinajstić information content (AvgIpc) is 3.22. The highest BCUT2D eigenvalue weighted by atomic mass is 35.5.